The second-order valence-electron chi connectivity index (χ2n) is 4.04. The van der Waals surface area contributed by atoms with Crippen LogP contribution in [0.2, 0.25) is 0 Å². The molecule has 1 atom stereocenters. The number of rotatable bonds is 3. The number of fused-ring (bicyclic) bond motifs is 1. The summed E-state index contributed by atoms with van der Waals surface area (Å²) in [5, 5.41) is 13.2. The van der Waals surface area contributed by atoms with E-state index in [9.17, 15) is 9.90 Å². The molecule has 0 bridgehead atoms. The maximum Gasteiger partial charge on any atom is 0.261 e. The quantitative estimate of drug-likeness (QED) is 0.797. The highest BCUT2D eigenvalue weighted by atomic mass is 79.9. The predicted molar refractivity (Wildman–Crippen MR) is 75.1 cm³/mol. The van der Waals surface area contributed by atoms with Gasteiger partial charge in [0.05, 0.1) is 12.9 Å². The van der Waals surface area contributed by atoms with Crippen molar-refractivity contribution in [2.45, 2.75) is 12.0 Å². The monoisotopic (exact) mass is 375 g/mol. The van der Waals surface area contributed by atoms with E-state index >= 15 is 0 Å². The second-order valence-corrected chi connectivity index (χ2v) is 5.81. The molecular formula is C12H11Br2NO3. The number of carbonyl (C=O) groups is 1. The summed E-state index contributed by atoms with van der Waals surface area (Å²) in [6, 6.07) is 3.52. The minimum Gasteiger partial charge on any atom is -0.502 e. The molecule has 2 rings (SSSR count). The summed E-state index contributed by atoms with van der Waals surface area (Å²) in [5.74, 6) is -0.134. The molecule has 96 valence electrons. The maximum absolute atomic E-state index is 12.0. The lowest BCUT2D eigenvalue weighted by atomic mass is 9.91. The Morgan fingerprint density at radius 2 is 2.22 bits per heavy atom. The molecule has 0 saturated heterocycles. The maximum atomic E-state index is 12.0. The number of hydrogen-bond acceptors (Lipinski definition) is 3. The molecule has 1 heterocycles. The first kappa shape index (κ1) is 13.6. The summed E-state index contributed by atoms with van der Waals surface area (Å²) in [5.41, 5.74) is -0.566. The van der Waals surface area contributed by atoms with Gasteiger partial charge in [0.25, 0.3) is 5.91 Å². The van der Waals surface area contributed by atoms with E-state index in [1.807, 2.05) is 0 Å². The van der Waals surface area contributed by atoms with Crippen molar-refractivity contribution < 1.29 is 14.6 Å². The molecule has 18 heavy (non-hydrogen) atoms. The van der Waals surface area contributed by atoms with Gasteiger partial charge in [0.15, 0.2) is 5.60 Å². The van der Waals surface area contributed by atoms with Crippen molar-refractivity contribution in [1.29, 1.82) is 0 Å². The van der Waals surface area contributed by atoms with Crippen LogP contribution in [0.4, 0.5) is 5.69 Å². The molecule has 0 fully saturated rings. The van der Waals surface area contributed by atoms with Crippen LogP contribution in [0, 0.1) is 0 Å². The molecule has 1 aliphatic heterocycles. The van der Waals surface area contributed by atoms with Crippen molar-refractivity contribution in [3.05, 3.63) is 39.0 Å². The van der Waals surface area contributed by atoms with Crippen LogP contribution in [-0.2, 0) is 15.1 Å². The van der Waals surface area contributed by atoms with Gasteiger partial charge in [-0.25, -0.2) is 0 Å². The predicted octanol–water partition coefficient (Wildman–Crippen LogP) is 2.90. The third-order valence-corrected chi connectivity index (χ3v) is 3.92. The number of methoxy groups -OCH3 is 1. The third-order valence-electron chi connectivity index (χ3n) is 2.83. The number of halogens is 2. The normalized spacial score (nSPS) is 21.4. The van der Waals surface area contributed by atoms with E-state index in [0.29, 0.717) is 21.5 Å². The van der Waals surface area contributed by atoms with Crippen LogP contribution >= 0.6 is 31.9 Å². The Hall–Kier alpha value is -0.850. The first-order chi connectivity index (χ1) is 8.38. The first-order valence-electron chi connectivity index (χ1n) is 5.13. The van der Waals surface area contributed by atoms with Gasteiger partial charge >= 0.3 is 0 Å². The molecule has 0 unspecified atom stereocenters. The van der Waals surface area contributed by atoms with Crippen molar-refractivity contribution in [2.75, 3.05) is 12.4 Å². The molecule has 0 spiro atoms. The van der Waals surface area contributed by atoms with Crippen molar-refractivity contribution in [1.82, 2.24) is 0 Å². The van der Waals surface area contributed by atoms with E-state index in [1.165, 1.54) is 7.11 Å². The van der Waals surface area contributed by atoms with Crippen LogP contribution in [-0.4, -0.2) is 18.1 Å². The summed E-state index contributed by atoms with van der Waals surface area (Å²) in [6.07, 6.45) is 0.0164. The Morgan fingerprint density at radius 3 is 2.83 bits per heavy atom. The van der Waals surface area contributed by atoms with E-state index in [2.05, 4.69) is 43.8 Å². The molecule has 0 radical (unpaired) electrons. The minimum atomic E-state index is -1.65. The number of carbonyl (C=O) groups excluding carboxylic acids is 1. The van der Waals surface area contributed by atoms with Crippen LogP contribution in [0.25, 0.3) is 0 Å². The van der Waals surface area contributed by atoms with E-state index in [4.69, 9.17) is 4.74 Å². The van der Waals surface area contributed by atoms with Crippen molar-refractivity contribution in [3.8, 4) is 0 Å². The molecule has 1 aromatic rings. The van der Waals surface area contributed by atoms with E-state index < -0.39 is 11.5 Å². The number of nitrogens with one attached hydrogen (secondary N) is 1. The number of aliphatic hydroxyl groups is 1. The minimum absolute atomic E-state index is 0.0164. The van der Waals surface area contributed by atoms with Crippen molar-refractivity contribution in [2.24, 2.45) is 0 Å². The Balaban J connectivity index is 2.53. The molecule has 2 N–H and O–H groups in total. The van der Waals surface area contributed by atoms with Gasteiger partial charge in [-0.15, -0.1) is 0 Å². The fraction of sp³-hybridized carbons (Fsp3) is 0.250. The van der Waals surface area contributed by atoms with Gasteiger partial charge in [0.1, 0.15) is 0 Å². The number of amides is 1. The average Bonchev–Trinajstić information content (AvgIpc) is 2.50. The van der Waals surface area contributed by atoms with Gasteiger partial charge < -0.3 is 15.2 Å². The van der Waals surface area contributed by atoms with Crippen molar-refractivity contribution in [3.63, 3.8) is 0 Å². The van der Waals surface area contributed by atoms with Crippen LogP contribution in [0.3, 0.4) is 0 Å². The lowest BCUT2D eigenvalue weighted by Crippen LogP contribution is -2.35. The zero-order valence-corrected chi connectivity index (χ0v) is 12.8. The Bertz CT molecular complexity index is 544. The highest BCUT2D eigenvalue weighted by Gasteiger charge is 2.47. The van der Waals surface area contributed by atoms with Gasteiger partial charge in [0.2, 0.25) is 0 Å². The number of anilines is 1. The molecule has 0 aliphatic carbocycles. The topological polar surface area (TPSA) is 58.6 Å². The Labute approximate surface area is 121 Å². The van der Waals surface area contributed by atoms with Crippen LogP contribution in [0.5, 0.6) is 0 Å². The Kier molecular flexibility index (Phi) is 3.53. The molecule has 0 saturated carbocycles. The molecule has 0 aromatic heterocycles. The summed E-state index contributed by atoms with van der Waals surface area (Å²) in [6.45, 7) is 3.65. The van der Waals surface area contributed by atoms with Crippen molar-refractivity contribution >= 4 is 43.5 Å². The van der Waals surface area contributed by atoms with E-state index in [0.717, 1.165) is 4.47 Å². The SMILES string of the molecule is C=C(C[C@]1(O)C(=O)Nc2cc(Br)cc(Br)c21)OC. The average molecular weight is 377 g/mol. The largest absolute Gasteiger partial charge is 0.502 e. The molecule has 1 amide bonds. The number of ether oxygens (including phenoxy) is 1. The smallest absolute Gasteiger partial charge is 0.261 e. The van der Waals surface area contributed by atoms with Gasteiger partial charge in [-0.1, -0.05) is 38.4 Å². The summed E-state index contributed by atoms with van der Waals surface area (Å²) >= 11 is 6.69. The lowest BCUT2D eigenvalue weighted by Gasteiger charge is -2.22. The van der Waals surface area contributed by atoms with E-state index in [-0.39, 0.29) is 6.42 Å². The molecule has 1 aliphatic rings. The zero-order chi connectivity index (χ0) is 13.5. The number of hydrogen-bond donors (Lipinski definition) is 2. The van der Waals surface area contributed by atoms with Crippen LogP contribution in [0.1, 0.15) is 12.0 Å². The summed E-state index contributed by atoms with van der Waals surface area (Å²) < 4.78 is 6.40. The standard InChI is InChI=1S/C12H11Br2NO3/c1-6(18-2)5-12(17)10-8(14)3-7(13)4-9(10)15-11(12)16/h3-4,17H,1,5H2,2H3,(H,15,16)/t12-/m1/s1. The van der Waals surface area contributed by atoms with Crippen LogP contribution < -0.4 is 5.32 Å². The molecule has 6 heteroatoms. The highest BCUT2D eigenvalue weighted by Crippen LogP contribution is 2.45. The van der Waals surface area contributed by atoms with Crippen LogP contribution in [0.15, 0.2) is 33.4 Å². The lowest BCUT2D eigenvalue weighted by molar-refractivity contribution is -0.134. The van der Waals surface area contributed by atoms with Gasteiger partial charge in [0, 0.05) is 26.6 Å². The van der Waals surface area contributed by atoms with Gasteiger partial charge in [-0.3, -0.25) is 4.79 Å². The fourth-order valence-electron chi connectivity index (χ4n) is 1.96. The zero-order valence-electron chi connectivity index (χ0n) is 9.59. The second kappa shape index (κ2) is 4.68. The number of benzene rings is 1. The third kappa shape index (κ3) is 2.08. The molecule has 1 aromatic carbocycles. The fourth-order valence-corrected chi connectivity index (χ4v) is 3.51. The van der Waals surface area contributed by atoms with E-state index in [1.54, 1.807) is 12.1 Å². The van der Waals surface area contributed by atoms with Gasteiger partial charge in [-0.2, -0.15) is 0 Å². The summed E-state index contributed by atoms with van der Waals surface area (Å²) in [7, 11) is 1.45. The summed E-state index contributed by atoms with van der Waals surface area (Å²) in [4.78, 5) is 12.0. The molecule has 4 nitrogen and oxygen atoms in total. The highest BCUT2D eigenvalue weighted by molar-refractivity contribution is 9.11. The van der Waals surface area contributed by atoms with Gasteiger partial charge in [-0.05, 0) is 12.1 Å². The molecular weight excluding hydrogens is 366 g/mol. The first-order valence-corrected chi connectivity index (χ1v) is 6.72. The Morgan fingerprint density at radius 1 is 1.56 bits per heavy atom.